The fraction of sp³-hybridized carbons (Fsp3) is 1.00. The van der Waals surface area contributed by atoms with Crippen LogP contribution in [-0.2, 0) is 0 Å². The van der Waals surface area contributed by atoms with Gasteiger partial charge < -0.3 is 5.32 Å². The Kier molecular flexibility index (Phi) is 2.49. The average molecular weight is 128 g/mol. The lowest BCUT2D eigenvalue weighted by Gasteiger charge is -2.27. The van der Waals surface area contributed by atoms with E-state index in [0.717, 1.165) is 12.7 Å². The Morgan fingerprint density at radius 2 is 2.11 bits per heavy atom. The fourth-order valence-electron chi connectivity index (χ4n) is 0.924. The van der Waals surface area contributed by atoms with Crippen molar-refractivity contribution >= 4 is 0 Å². The average Bonchev–Trinajstić information content (AvgIpc) is 1.60. The highest BCUT2D eigenvalue weighted by Crippen LogP contribution is 2.17. The Morgan fingerprint density at radius 1 is 1.44 bits per heavy atom. The quantitative estimate of drug-likeness (QED) is 0.561. The third-order valence-corrected chi connectivity index (χ3v) is 1.80. The summed E-state index contributed by atoms with van der Waals surface area (Å²) >= 11 is 0. The van der Waals surface area contributed by atoms with E-state index in [4.69, 9.17) is 0 Å². The SMILES string of the molecule is CN(C)CNC1CCC1. The van der Waals surface area contributed by atoms with Crippen molar-refractivity contribution in [1.29, 1.82) is 0 Å². The Bertz CT molecular complexity index is 77.0. The van der Waals surface area contributed by atoms with Crippen molar-refractivity contribution in [3.8, 4) is 0 Å². The first-order valence-corrected chi connectivity index (χ1v) is 3.67. The van der Waals surface area contributed by atoms with Crippen molar-refractivity contribution in [2.45, 2.75) is 25.3 Å². The molecule has 1 aliphatic carbocycles. The highest BCUT2D eigenvalue weighted by atomic mass is 15.2. The summed E-state index contributed by atoms with van der Waals surface area (Å²) < 4.78 is 0. The lowest BCUT2D eigenvalue weighted by Crippen LogP contribution is -2.40. The number of hydrogen-bond acceptors (Lipinski definition) is 2. The monoisotopic (exact) mass is 128 g/mol. The first kappa shape index (κ1) is 7.03. The van der Waals surface area contributed by atoms with Gasteiger partial charge in [-0.25, -0.2) is 0 Å². The van der Waals surface area contributed by atoms with Crippen molar-refractivity contribution in [3.63, 3.8) is 0 Å². The lowest BCUT2D eigenvalue weighted by atomic mass is 9.93. The van der Waals surface area contributed by atoms with E-state index in [-0.39, 0.29) is 0 Å². The summed E-state index contributed by atoms with van der Waals surface area (Å²) in [4.78, 5) is 2.16. The van der Waals surface area contributed by atoms with Crippen molar-refractivity contribution < 1.29 is 0 Å². The van der Waals surface area contributed by atoms with Gasteiger partial charge in [0.05, 0.1) is 0 Å². The van der Waals surface area contributed by atoms with Crippen molar-refractivity contribution in [1.82, 2.24) is 10.2 Å². The van der Waals surface area contributed by atoms with Gasteiger partial charge in [-0.2, -0.15) is 0 Å². The number of rotatable bonds is 3. The molecule has 2 heteroatoms. The molecule has 1 rings (SSSR count). The first-order chi connectivity index (χ1) is 4.29. The van der Waals surface area contributed by atoms with E-state index >= 15 is 0 Å². The van der Waals surface area contributed by atoms with E-state index in [2.05, 4.69) is 24.3 Å². The summed E-state index contributed by atoms with van der Waals surface area (Å²) in [5, 5.41) is 3.44. The van der Waals surface area contributed by atoms with Crippen LogP contribution in [-0.4, -0.2) is 31.7 Å². The lowest BCUT2D eigenvalue weighted by molar-refractivity contribution is 0.274. The molecule has 0 bridgehead atoms. The molecule has 0 spiro atoms. The van der Waals surface area contributed by atoms with Crippen LogP contribution in [0.2, 0.25) is 0 Å². The maximum atomic E-state index is 3.44. The summed E-state index contributed by atoms with van der Waals surface area (Å²) in [7, 11) is 4.18. The van der Waals surface area contributed by atoms with Gasteiger partial charge in [-0.05, 0) is 26.9 Å². The third kappa shape index (κ3) is 2.33. The van der Waals surface area contributed by atoms with Crippen LogP contribution in [0, 0.1) is 0 Å². The van der Waals surface area contributed by atoms with Crippen LogP contribution in [0.5, 0.6) is 0 Å². The molecular formula is C7H16N2. The maximum Gasteiger partial charge on any atom is 0.0476 e. The van der Waals surface area contributed by atoms with Gasteiger partial charge in [-0.3, -0.25) is 4.90 Å². The van der Waals surface area contributed by atoms with Gasteiger partial charge >= 0.3 is 0 Å². The standard InChI is InChI=1S/C7H16N2/c1-9(2)6-8-7-4-3-5-7/h7-8H,3-6H2,1-2H3. The molecule has 54 valence electrons. The molecule has 2 nitrogen and oxygen atoms in total. The summed E-state index contributed by atoms with van der Waals surface area (Å²) in [6.45, 7) is 1.03. The van der Waals surface area contributed by atoms with E-state index in [9.17, 15) is 0 Å². The molecule has 1 aliphatic rings. The largest absolute Gasteiger partial charge is 0.302 e. The second kappa shape index (κ2) is 3.18. The van der Waals surface area contributed by atoms with Crippen molar-refractivity contribution in [2.24, 2.45) is 0 Å². The zero-order valence-electron chi connectivity index (χ0n) is 6.35. The van der Waals surface area contributed by atoms with Gasteiger partial charge in [0.25, 0.3) is 0 Å². The minimum atomic E-state index is 0.826. The molecule has 1 fully saturated rings. The van der Waals surface area contributed by atoms with Crippen LogP contribution >= 0.6 is 0 Å². The van der Waals surface area contributed by atoms with E-state index in [1.807, 2.05) is 0 Å². The molecule has 1 saturated carbocycles. The van der Waals surface area contributed by atoms with E-state index < -0.39 is 0 Å². The van der Waals surface area contributed by atoms with Crippen LogP contribution < -0.4 is 5.32 Å². The number of nitrogens with zero attached hydrogens (tertiary/aromatic N) is 1. The van der Waals surface area contributed by atoms with Gasteiger partial charge in [0.1, 0.15) is 0 Å². The van der Waals surface area contributed by atoms with Crippen LogP contribution in [0.4, 0.5) is 0 Å². The molecule has 0 radical (unpaired) electrons. The molecule has 0 aliphatic heterocycles. The van der Waals surface area contributed by atoms with Gasteiger partial charge in [0.15, 0.2) is 0 Å². The van der Waals surface area contributed by atoms with Crippen molar-refractivity contribution in [2.75, 3.05) is 20.8 Å². The van der Waals surface area contributed by atoms with Crippen LogP contribution in [0.15, 0.2) is 0 Å². The van der Waals surface area contributed by atoms with Gasteiger partial charge in [-0.15, -0.1) is 0 Å². The zero-order valence-corrected chi connectivity index (χ0v) is 6.35. The molecule has 0 aromatic heterocycles. The van der Waals surface area contributed by atoms with E-state index in [1.165, 1.54) is 19.3 Å². The highest BCUT2D eigenvalue weighted by Gasteiger charge is 2.15. The normalized spacial score (nSPS) is 20.3. The Labute approximate surface area is 57.2 Å². The molecule has 0 unspecified atom stereocenters. The van der Waals surface area contributed by atoms with Gasteiger partial charge in [0, 0.05) is 12.7 Å². The van der Waals surface area contributed by atoms with Crippen molar-refractivity contribution in [3.05, 3.63) is 0 Å². The Hall–Kier alpha value is -0.0800. The molecule has 0 heterocycles. The predicted molar refractivity (Wildman–Crippen MR) is 39.3 cm³/mol. The highest BCUT2D eigenvalue weighted by molar-refractivity contribution is 4.75. The summed E-state index contributed by atoms with van der Waals surface area (Å²) in [5.41, 5.74) is 0. The third-order valence-electron chi connectivity index (χ3n) is 1.80. The molecule has 0 amide bonds. The number of nitrogens with one attached hydrogen (secondary N) is 1. The summed E-state index contributed by atoms with van der Waals surface area (Å²) in [6.07, 6.45) is 4.19. The molecule has 0 atom stereocenters. The van der Waals surface area contributed by atoms with Crippen LogP contribution in [0.3, 0.4) is 0 Å². The molecular weight excluding hydrogens is 112 g/mol. The predicted octanol–water partition coefficient (Wildman–Crippen LogP) is 0.648. The van der Waals surface area contributed by atoms with E-state index in [1.54, 1.807) is 0 Å². The van der Waals surface area contributed by atoms with Crippen LogP contribution in [0.1, 0.15) is 19.3 Å². The summed E-state index contributed by atoms with van der Waals surface area (Å²) in [5.74, 6) is 0. The molecule has 9 heavy (non-hydrogen) atoms. The Balaban J connectivity index is 1.91. The van der Waals surface area contributed by atoms with Gasteiger partial charge in [0.2, 0.25) is 0 Å². The second-order valence-corrected chi connectivity index (χ2v) is 3.07. The number of hydrogen-bond donors (Lipinski definition) is 1. The fourth-order valence-corrected chi connectivity index (χ4v) is 0.924. The first-order valence-electron chi connectivity index (χ1n) is 3.67. The smallest absolute Gasteiger partial charge is 0.0476 e. The molecule has 0 saturated heterocycles. The second-order valence-electron chi connectivity index (χ2n) is 3.07. The van der Waals surface area contributed by atoms with E-state index in [0.29, 0.717) is 0 Å². The minimum Gasteiger partial charge on any atom is -0.302 e. The Morgan fingerprint density at radius 3 is 2.44 bits per heavy atom. The zero-order chi connectivity index (χ0) is 6.69. The molecule has 1 N–H and O–H groups in total. The molecule has 0 aromatic carbocycles. The van der Waals surface area contributed by atoms with Crippen LogP contribution in [0.25, 0.3) is 0 Å². The maximum absolute atomic E-state index is 3.44. The summed E-state index contributed by atoms with van der Waals surface area (Å²) in [6, 6.07) is 0.826. The minimum absolute atomic E-state index is 0.826. The topological polar surface area (TPSA) is 15.3 Å². The molecule has 0 aromatic rings. The van der Waals surface area contributed by atoms with Gasteiger partial charge in [-0.1, -0.05) is 6.42 Å².